The summed E-state index contributed by atoms with van der Waals surface area (Å²) >= 11 is 0. The van der Waals surface area contributed by atoms with Gasteiger partial charge < -0.3 is 9.32 Å². The smallest absolute Gasteiger partial charge is 0.143 e. The molecule has 2 nitrogen and oxygen atoms in total. The summed E-state index contributed by atoms with van der Waals surface area (Å²) in [6.45, 7) is 0. The van der Waals surface area contributed by atoms with Crippen LogP contribution in [0.25, 0.3) is 77.2 Å². The van der Waals surface area contributed by atoms with E-state index < -0.39 is 0 Å². The van der Waals surface area contributed by atoms with E-state index in [0.717, 1.165) is 50.5 Å². The van der Waals surface area contributed by atoms with Gasteiger partial charge in [0.2, 0.25) is 0 Å². The Kier molecular flexibility index (Phi) is 7.85. The lowest BCUT2D eigenvalue weighted by Crippen LogP contribution is -2.10. The number of benzene rings is 9. The first-order valence-corrected chi connectivity index (χ1v) is 18.4. The van der Waals surface area contributed by atoms with Crippen LogP contribution in [0.2, 0.25) is 0 Å². The zero-order valence-electron chi connectivity index (χ0n) is 29.6. The van der Waals surface area contributed by atoms with Crippen molar-refractivity contribution in [3.63, 3.8) is 0 Å². The quantitative estimate of drug-likeness (QED) is 0.166. The second kappa shape index (κ2) is 13.4. The van der Waals surface area contributed by atoms with Gasteiger partial charge in [-0.2, -0.15) is 0 Å². The minimum atomic E-state index is 0.865. The highest BCUT2D eigenvalue weighted by Gasteiger charge is 2.20. The Morgan fingerprint density at radius 2 is 0.926 bits per heavy atom. The van der Waals surface area contributed by atoms with Crippen LogP contribution in [-0.4, -0.2) is 0 Å². The van der Waals surface area contributed by atoms with Crippen LogP contribution in [0.5, 0.6) is 0 Å². The first-order valence-electron chi connectivity index (χ1n) is 18.4. The Morgan fingerprint density at radius 1 is 0.315 bits per heavy atom. The lowest BCUT2D eigenvalue weighted by atomic mass is 9.95. The minimum absolute atomic E-state index is 0.865. The molecule has 0 saturated carbocycles. The van der Waals surface area contributed by atoms with Gasteiger partial charge in [-0.05, 0) is 97.9 Å². The molecule has 1 heterocycles. The Labute approximate surface area is 314 Å². The van der Waals surface area contributed by atoms with Gasteiger partial charge in [-0.25, -0.2) is 0 Å². The summed E-state index contributed by atoms with van der Waals surface area (Å²) in [6.07, 6.45) is 0. The molecule has 54 heavy (non-hydrogen) atoms. The molecule has 0 radical (unpaired) electrons. The SMILES string of the molecule is c1ccc(-c2c(-c3cccc(N(c4ccc(-c5cccc(-c6cccc7ccccc67)c5)cc4)c4ccc5ccccc5c4)c3)oc3ccccc23)cc1. The van der Waals surface area contributed by atoms with Crippen LogP contribution in [0, 0.1) is 0 Å². The van der Waals surface area contributed by atoms with Crippen molar-refractivity contribution in [2.45, 2.75) is 0 Å². The Balaban J connectivity index is 1.08. The molecule has 0 unspecified atom stereocenters. The summed E-state index contributed by atoms with van der Waals surface area (Å²) < 4.78 is 6.65. The van der Waals surface area contributed by atoms with E-state index >= 15 is 0 Å². The zero-order valence-corrected chi connectivity index (χ0v) is 29.6. The topological polar surface area (TPSA) is 16.4 Å². The molecule has 0 aliphatic rings. The molecular weight excluding hydrogens is 655 g/mol. The molecular formula is C52H35NO. The molecule has 0 fully saturated rings. The minimum Gasteiger partial charge on any atom is -0.455 e. The van der Waals surface area contributed by atoms with Gasteiger partial charge in [0.15, 0.2) is 0 Å². The number of rotatable bonds is 7. The van der Waals surface area contributed by atoms with Crippen LogP contribution in [0.3, 0.4) is 0 Å². The highest BCUT2D eigenvalue weighted by molar-refractivity contribution is 6.02. The number of furan rings is 1. The van der Waals surface area contributed by atoms with E-state index in [1.807, 2.05) is 6.07 Å². The molecule has 10 rings (SSSR count). The van der Waals surface area contributed by atoms with E-state index in [-0.39, 0.29) is 0 Å². The summed E-state index contributed by atoms with van der Waals surface area (Å²) in [7, 11) is 0. The van der Waals surface area contributed by atoms with E-state index in [2.05, 4.69) is 211 Å². The maximum Gasteiger partial charge on any atom is 0.143 e. The van der Waals surface area contributed by atoms with Crippen molar-refractivity contribution in [2.24, 2.45) is 0 Å². The van der Waals surface area contributed by atoms with Gasteiger partial charge in [0, 0.05) is 33.6 Å². The molecule has 0 atom stereocenters. The van der Waals surface area contributed by atoms with E-state index in [1.165, 1.54) is 43.8 Å². The molecule has 0 bridgehead atoms. The van der Waals surface area contributed by atoms with Crippen molar-refractivity contribution in [3.8, 4) is 44.7 Å². The molecule has 0 saturated heterocycles. The van der Waals surface area contributed by atoms with Crippen molar-refractivity contribution in [1.82, 2.24) is 0 Å². The highest BCUT2D eigenvalue weighted by Crippen LogP contribution is 2.44. The zero-order chi connectivity index (χ0) is 35.8. The lowest BCUT2D eigenvalue weighted by molar-refractivity contribution is 0.632. The predicted molar refractivity (Wildman–Crippen MR) is 228 cm³/mol. The Hall–Kier alpha value is -7.16. The van der Waals surface area contributed by atoms with Gasteiger partial charge in [-0.1, -0.05) is 164 Å². The first-order chi connectivity index (χ1) is 26.8. The molecule has 0 amide bonds. The number of nitrogens with zero attached hydrogens (tertiary/aromatic N) is 1. The van der Waals surface area contributed by atoms with Gasteiger partial charge in [0.05, 0.1) is 0 Å². The maximum atomic E-state index is 6.65. The summed E-state index contributed by atoms with van der Waals surface area (Å²) in [4.78, 5) is 2.34. The summed E-state index contributed by atoms with van der Waals surface area (Å²) in [5.74, 6) is 0.865. The molecule has 0 N–H and O–H groups in total. The Bertz CT molecular complexity index is 2930. The van der Waals surface area contributed by atoms with Gasteiger partial charge >= 0.3 is 0 Å². The highest BCUT2D eigenvalue weighted by atomic mass is 16.3. The van der Waals surface area contributed by atoms with Gasteiger partial charge in [0.1, 0.15) is 11.3 Å². The number of fused-ring (bicyclic) bond motifs is 3. The van der Waals surface area contributed by atoms with Crippen LogP contribution in [0.15, 0.2) is 217 Å². The molecule has 2 heteroatoms. The molecule has 1 aromatic heterocycles. The fourth-order valence-electron chi connectivity index (χ4n) is 7.84. The summed E-state index contributed by atoms with van der Waals surface area (Å²) in [5, 5.41) is 6.03. The average Bonchev–Trinajstić information content (AvgIpc) is 3.64. The van der Waals surface area contributed by atoms with Crippen molar-refractivity contribution < 1.29 is 4.42 Å². The van der Waals surface area contributed by atoms with Crippen molar-refractivity contribution >= 4 is 49.6 Å². The fraction of sp³-hybridized carbons (Fsp3) is 0. The third kappa shape index (κ3) is 5.71. The van der Waals surface area contributed by atoms with Crippen molar-refractivity contribution in [3.05, 3.63) is 212 Å². The van der Waals surface area contributed by atoms with Crippen LogP contribution < -0.4 is 4.90 Å². The number of hydrogen-bond acceptors (Lipinski definition) is 2. The van der Waals surface area contributed by atoms with Gasteiger partial charge in [-0.15, -0.1) is 0 Å². The fourth-order valence-corrected chi connectivity index (χ4v) is 7.84. The second-order valence-electron chi connectivity index (χ2n) is 13.7. The normalized spacial score (nSPS) is 11.3. The summed E-state index contributed by atoms with van der Waals surface area (Å²) in [6, 6.07) is 75.8. The molecule has 0 aliphatic heterocycles. The lowest BCUT2D eigenvalue weighted by Gasteiger charge is -2.26. The molecule has 9 aromatic carbocycles. The van der Waals surface area contributed by atoms with Gasteiger partial charge in [-0.3, -0.25) is 0 Å². The number of hydrogen-bond donors (Lipinski definition) is 0. The van der Waals surface area contributed by atoms with Crippen molar-refractivity contribution in [2.75, 3.05) is 4.90 Å². The van der Waals surface area contributed by atoms with E-state index in [9.17, 15) is 0 Å². The summed E-state index contributed by atoms with van der Waals surface area (Å²) in [5.41, 5.74) is 12.2. The first kappa shape index (κ1) is 31.6. The third-order valence-electron chi connectivity index (χ3n) is 10.4. The Morgan fingerprint density at radius 3 is 1.80 bits per heavy atom. The van der Waals surface area contributed by atoms with Crippen LogP contribution in [0.1, 0.15) is 0 Å². The second-order valence-corrected chi connectivity index (χ2v) is 13.7. The molecule has 0 aliphatic carbocycles. The van der Waals surface area contributed by atoms with E-state index in [0.29, 0.717) is 0 Å². The van der Waals surface area contributed by atoms with Crippen LogP contribution in [0.4, 0.5) is 17.1 Å². The average molecular weight is 690 g/mol. The van der Waals surface area contributed by atoms with Crippen molar-refractivity contribution in [1.29, 1.82) is 0 Å². The third-order valence-corrected chi connectivity index (χ3v) is 10.4. The predicted octanol–water partition coefficient (Wildman–Crippen LogP) is 14.9. The van der Waals surface area contributed by atoms with Crippen LogP contribution in [-0.2, 0) is 0 Å². The maximum absolute atomic E-state index is 6.65. The monoisotopic (exact) mass is 689 g/mol. The molecule has 254 valence electrons. The van der Waals surface area contributed by atoms with Crippen LogP contribution >= 0.6 is 0 Å². The standard InChI is InChI=1S/C52H35NO/c1-2-15-39(16-3-1)51-49-24-8-9-26-50(49)54-52(51)43-21-11-22-45(35-43)53(46-32-29-36-13-4-5-17-41(36)34-46)44-30-27-37(28-31-44)40-19-10-20-42(33-40)48-25-12-18-38-14-6-7-23-47(38)48/h1-35H. The van der Waals surface area contributed by atoms with E-state index in [1.54, 1.807) is 0 Å². The van der Waals surface area contributed by atoms with E-state index in [4.69, 9.17) is 4.42 Å². The number of anilines is 3. The van der Waals surface area contributed by atoms with Gasteiger partial charge in [0.25, 0.3) is 0 Å². The molecule has 10 aromatic rings. The molecule has 0 spiro atoms. The number of para-hydroxylation sites is 1. The largest absolute Gasteiger partial charge is 0.455 e.